The van der Waals surface area contributed by atoms with Gasteiger partial charge in [-0.3, -0.25) is 0 Å². The van der Waals surface area contributed by atoms with Crippen LogP contribution in [-0.2, 0) is 0 Å². The predicted molar refractivity (Wildman–Crippen MR) is 61.7 cm³/mol. The Morgan fingerprint density at radius 1 is 1.50 bits per heavy atom. The zero-order valence-electron chi connectivity index (χ0n) is 6.57. The van der Waals surface area contributed by atoms with Crippen LogP contribution in [0.5, 0.6) is 0 Å². The van der Waals surface area contributed by atoms with Gasteiger partial charge in [-0.15, -0.1) is 35.3 Å². The lowest BCUT2D eigenvalue weighted by Crippen LogP contribution is -1.60. The van der Waals surface area contributed by atoms with Crippen molar-refractivity contribution in [3.8, 4) is 0 Å². The first-order chi connectivity index (χ1) is 5.83. The summed E-state index contributed by atoms with van der Waals surface area (Å²) in [6.45, 7) is 2.03. The molecule has 0 nitrogen and oxygen atoms in total. The van der Waals surface area contributed by atoms with Crippen LogP contribution < -0.4 is 0 Å². The lowest BCUT2D eigenvalue weighted by molar-refractivity contribution is 1.66. The zero-order chi connectivity index (χ0) is 8.55. The number of thiol groups is 1. The topological polar surface area (TPSA) is 0 Å². The average molecular weight is 212 g/mol. The van der Waals surface area contributed by atoms with Crippen LogP contribution in [0.25, 0.3) is 15.5 Å². The van der Waals surface area contributed by atoms with E-state index in [9.17, 15) is 0 Å². The van der Waals surface area contributed by atoms with E-state index in [1.54, 1.807) is 22.7 Å². The van der Waals surface area contributed by atoms with Crippen molar-refractivity contribution in [3.63, 3.8) is 0 Å². The molecule has 2 aromatic rings. The fourth-order valence-electron chi connectivity index (χ4n) is 1.09. The Morgan fingerprint density at radius 3 is 3.00 bits per heavy atom. The number of allylic oxidation sites excluding steroid dienone is 1. The highest BCUT2D eigenvalue weighted by molar-refractivity contribution is 7.81. The van der Waals surface area contributed by atoms with Gasteiger partial charge in [0.15, 0.2) is 0 Å². The van der Waals surface area contributed by atoms with Crippen LogP contribution in [0.3, 0.4) is 0 Å². The maximum absolute atomic E-state index is 4.48. The highest BCUT2D eigenvalue weighted by Gasteiger charge is 2.06. The minimum Gasteiger partial charge on any atom is -0.142 e. The molecule has 0 aliphatic carbocycles. The molecule has 0 unspecified atom stereocenters. The Labute approximate surface area is 85.0 Å². The van der Waals surface area contributed by atoms with Crippen LogP contribution in [0.4, 0.5) is 0 Å². The van der Waals surface area contributed by atoms with Crippen LogP contribution in [-0.4, -0.2) is 0 Å². The molecule has 0 bridgehead atoms. The van der Waals surface area contributed by atoms with Crippen molar-refractivity contribution >= 4 is 50.8 Å². The summed E-state index contributed by atoms with van der Waals surface area (Å²) in [5, 5.41) is 2.11. The summed E-state index contributed by atoms with van der Waals surface area (Å²) in [5.74, 6) is 0. The lowest BCUT2D eigenvalue weighted by atomic mass is 10.4. The normalized spacial score (nSPS) is 11.8. The average Bonchev–Trinajstić information content (AvgIpc) is 2.58. The Balaban J connectivity index is 2.70. The molecule has 0 amide bonds. The second-order valence-electron chi connectivity index (χ2n) is 2.43. The highest BCUT2D eigenvalue weighted by Crippen LogP contribution is 2.38. The molecule has 0 aliphatic heterocycles. The summed E-state index contributed by atoms with van der Waals surface area (Å²) < 4.78 is 2.66. The summed E-state index contributed by atoms with van der Waals surface area (Å²) in [4.78, 5) is 2.39. The quantitative estimate of drug-likeness (QED) is 0.670. The van der Waals surface area contributed by atoms with Crippen molar-refractivity contribution < 1.29 is 0 Å². The van der Waals surface area contributed by atoms with Crippen molar-refractivity contribution in [2.24, 2.45) is 0 Å². The molecule has 0 spiro atoms. The van der Waals surface area contributed by atoms with E-state index in [4.69, 9.17) is 0 Å². The molecule has 0 fully saturated rings. The molecule has 0 saturated heterocycles. The zero-order valence-corrected chi connectivity index (χ0v) is 9.10. The summed E-state index contributed by atoms with van der Waals surface area (Å²) >= 11 is 8.05. The maximum atomic E-state index is 4.48. The second-order valence-corrected chi connectivity index (χ2v) is 4.88. The largest absolute Gasteiger partial charge is 0.142 e. The van der Waals surface area contributed by atoms with Crippen molar-refractivity contribution in [1.82, 2.24) is 0 Å². The Bertz CT molecular complexity index is 420. The van der Waals surface area contributed by atoms with Gasteiger partial charge < -0.3 is 0 Å². The molecule has 0 aliphatic rings. The third kappa shape index (κ3) is 1.22. The molecule has 0 radical (unpaired) electrons. The van der Waals surface area contributed by atoms with Crippen LogP contribution in [0, 0.1) is 0 Å². The number of hydrogen-bond acceptors (Lipinski definition) is 3. The van der Waals surface area contributed by atoms with E-state index in [-0.39, 0.29) is 0 Å². The number of fused-ring (bicyclic) bond motifs is 1. The first-order valence-corrected chi connectivity index (χ1v) is 5.79. The Hall–Kier alpha value is -0.250. The molecule has 12 heavy (non-hydrogen) atoms. The third-order valence-corrected chi connectivity index (χ3v) is 4.56. The second kappa shape index (κ2) is 3.24. The monoisotopic (exact) mass is 212 g/mol. The van der Waals surface area contributed by atoms with E-state index < -0.39 is 0 Å². The molecular weight excluding hydrogens is 204 g/mol. The van der Waals surface area contributed by atoms with Gasteiger partial charge in [-0.2, -0.15) is 0 Å². The standard InChI is InChI=1S/C9H8S3/c1-2-3-6-8(10)9-7(12-6)4-5-11-9/h2-5,10H,1H3/b3-2-. The third-order valence-electron chi connectivity index (χ3n) is 1.62. The summed E-state index contributed by atoms with van der Waals surface area (Å²) in [7, 11) is 0. The molecule has 2 rings (SSSR count). The Kier molecular flexibility index (Phi) is 2.26. The molecule has 2 heterocycles. The van der Waals surface area contributed by atoms with Gasteiger partial charge in [0, 0.05) is 14.5 Å². The van der Waals surface area contributed by atoms with Gasteiger partial charge in [0.25, 0.3) is 0 Å². The summed E-state index contributed by atoms with van der Waals surface area (Å²) in [6.07, 6.45) is 4.16. The van der Waals surface area contributed by atoms with Crippen LogP contribution in [0.1, 0.15) is 11.8 Å². The molecule has 0 aromatic carbocycles. The first-order valence-electron chi connectivity index (χ1n) is 3.64. The lowest BCUT2D eigenvalue weighted by Gasteiger charge is -1.86. The minimum atomic E-state index is 1.13. The van der Waals surface area contributed by atoms with Gasteiger partial charge in [-0.25, -0.2) is 0 Å². The first kappa shape index (κ1) is 8.35. The van der Waals surface area contributed by atoms with Crippen molar-refractivity contribution in [1.29, 1.82) is 0 Å². The van der Waals surface area contributed by atoms with E-state index in [2.05, 4.69) is 36.2 Å². The molecule has 0 N–H and O–H groups in total. The molecule has 0 atom stereocenters. The van der Waals surface area contributed by atoms with E-state index in [1.807, 2.05) is 6.92 Å². The molecular formula is C9H8S3. The molecule has 2 aromatic heterocycles. The number of hydrogen-bond donors (Lipinski definition) is 1. The summed E-state index contributed by atoms with van der Waals surface area (Å²) in [6, 6.07) is 2.15. The molecule has 0 saturated carbocycles. The minimum absolute atomic E-state index is 1.13. The fraction of sp³-hybridized carbons (Fsp3) is 0.111. The van der Waals surface area contributed by atoms with Gasteiger partial charge in [0.2, 0.25) is 0 Å². The number of thiophene rings is 2. The van der Waals surface area contributed by atoms with Crippen molar-refractivity contribution in [3.05, 3.63) is 22.4 Å². The predicted octanol–water partition coefficient (Wildman–Crippen LogP) is 4.28. The SMILES string of the molecule is C/C=C\c1sc2ccsc2c1S. The van der Waals surface area contributed by atoms with Gasteiger partial charge in [-0.05, 0) is 24.4 Å². The van der Waals surface area contributed by atoms with Crippen molar-refractivity contribution in [2.45, 2.75) is 11.8 Å². The van der Waals surface area contributed by atoms with Gasteiger partial charge in [0.1, 0.15) is 0 Å². The summed E-state index contributed by atoms with van der Waals surface area (Å²) in [5.41, 5.74) is 0. The van der Waals surface area contributed by atoms with E-state index in [0.717, 1.165) is 4.90 Å². The maximum Gasteiger partial charge on any atom is 0.0590 e. The fourth-order valence-corrected chi connectivity index (χ4v) is 3.80. The van der Waals surface area contributed by atoms with Gasteiger partial charge >= 0.3 is 0 Å². The molecule has 62 valence electrons. The Morgan fingerprint density at radius 2 is 2.33 bits per heavy atom. The van der Waals surface area contributed by atoms with Crippen LogP contribution in [0.2, 0.25) is 0 Å². The molecule has 3 heteroatoms. The smallest absolute Gasteiger partial charge is 0.0590 e. The van der Waals surface area contributed by atoms with E-state index >= 15 is 0 Å². The van der Waals surface area contributed by atoms with Gasteiger partial charge in [-0.1, -0.05) is 6.08 Å². The van der Waals surface area contributed by atoms with Crippen molar-refractivity contribution in [2.75, 3.05) is 0 Å². The van der Waals surface area contributed by atoms with Gasteiger partial charge in [0.05, 0.1) is 4.70 Å². The van der Waals surface area contributed by atoms with E-state index in [0.29, 0.717) is 0 Å². The van der Waals surface area contributed by atoms with E-state index in [1.165, 1.54) is 14.3 Å². The van der Waals surface area contributed by atoms with Crippen LogP contribution in [0.15, 0.2) is 22.4 Å². The highest BCUT2D eigenvalue weighted by atomic mass is 32.1. The van der Waals surface area contributed by atoms with Crippen LogP contribution >= 0.6 is 35.3 Å². The number of rotatable bonds is 1.